The molecule has 3 rings (SSSR count). The van der Waals surface area contributed by atoms with E-state index >= 15 is 0 Å². The van der Waals surface area contributed by atoms with E-state index in [0.717, 1.165) is 21.9 Å². The van der Waals surface area contributed by atoms with Gasteiger partial charge in [-0.2, -0.15) is 0 Å². The summed E-state index contributed by atoms with van der Waals surface area (Å²) in [7, 11) is 0. The van der Waals surface area contributed by atoms with Crippen LogP contribution in [0.25, 0.3) is 16.8 Å². The van der Waals surface area contributed by atoms with Crippen molar-refractivity contribution < 1.29 is 14.3 Å². The molecule has 0 aliphatic carbocycles. The third kappa shape index (κ3) is 4.80. The molecule has 0 spiro atoms. The molecule has 0 unspecified atom stereocenters. The molecule has 4 heteroatoms. The quantitative estimate of drug-likeness (QED) is 0.547. The summed E-state index contributed by atoms with van der Waals surface area (Å²) in [5, 5.41) is 4.87. The fourth-order valence-corrected chi connectivity index (χ4v) is 2.59. The summed E-state index contributed by atoms with van der Waals surface area (Å²) in [4.78, 5) is 23.6. The van der Waals surface area contributed by atoms with Crippen LogP contribution in [0, 0.1) is 0 Å². The number of fused-ring (bicyclic) bond motifs is 1. The molecule has 3 aromatic rings. The summed E-state index contributed by atoms with van der Waals surface area (Å²) >= 11 is 0. The topological polar surface area (TPSA) is 55.4 Å². The SMILES string of the molecule is O=C(COC(=O)/C=C/c1cccc2ccccc12)NCc1ccccc1. The van der Waals surface area contributed by atoms with E-state index in [-0.39, 0.29) is 12.5 Å². The van der Waals surface area contributed by atoms with Crippen molar-refractivity contribution in [1.29, 1.82) is 0 Å². The average molecular weight is 345 g/mol. The van der Waals surface area contributed by atoms with Gasteiger partial charge < -0.3 is 10.1 Å². The van der Waals surface area contributed by atoms with Crippen molar-refractivity contribution in [1.82, 2.24) is 5.32 Å². The Balaban J connectivity index is 1.50. The maximum absolute atomic E-state index is 11.8. The highest BCUT2D eigenvalue weighted by Gasteiger charge is 2.05. The van der Waals surface area contributed by atoms with Gasteiger partial charge >= 0.3 is 5.97 Å². The van der Waals surface area contributed by atoms with Gasteiger partial charge in [-0.05, 0) is 28.0 Å². The molecule has 0 heterocycles. The Bertz CT molecular complexity index is 927. The van der Waals surface area contributed by atoms with E-state index < -0.39 is 5.97 Å². The Morgan fingerprint density at radius 1 is 0.885 bits per heavy atom. The number of benzene rings is 3. The Morgan fingerprint density at radius 2 is 1.62 bits per heavy atom. The van der Waals surface area contributed by atoms with Crippen LogP contribution in [0.3, 0.4) is 0 Å². The second kappa shape index (κ2) is 8.62. The predicted octanol–water partition coefficient (Wildman–Crippen LogP) is 3.71. The van der Waals surface area contributed by atoms with Crippen molar-refractivity contribution in [3.05, 3.63) is 90.0 Å². The second-order valence-corrected chi connectivity index (χ2v) is 5.77. The maximum Gasteiger partial charge on any atom is 0.331 e. The molecule has 0 atom stereocenters. The highest BCUT2D eigenvalue weighted by atomic mass is 16.5. The summed E-state index contributed by atoms with van der Waals surface area (Å²) in [6, 6.07) is 23.4. The molecule has 0 radical (unpaired) electrons. The molecule has 3 aromatic carbocycles. The lowest BCUT2D eigenvalue weighted by Gasteiger charge is -2.05. The molecule has 0 saturated carbocycles. The van der Waals surface area contributed by atoms with Crippen molar-refractivity contribution in [3.8, 4) is 0 Å². The number of rotatable bonds is 6. The molecule has 130 valence electrons. The van der Waals surface area contributed by atoms with E-state index in [9.17, 15) is 9.59 Å². The molecular formula is C22H19NO3. The van der Waals surface area contributed by atoms with Crippen LogP contribution >= 0.6 is 0 Å². The molecule has 0 aliphatic rings. The number of ether oxygens (including phenoxy) is 1. The fourth-order valence-electron chi connectivity index (χ4n) is 2.59. The lowest BCUT2D eigenvalue weighted by atomic mass is 10.0. The van der Waals surface area contributed by atoms with Gasteiger partial charge in [-0.15, -0.1) is 0 Å². The molecule has 0 aromatic heterocycles. The van der Waals surface area contributed by atoms with Gasteiger partial charge in [-0.3, -0.25) is 4.79 Å². The van der Waals surface area contributed by atoms with Crippen LogP contribution in [0.2, 0.25) is 0 Å². The standard InChI is InChI=1S/C22H19NO3/c24-21(23-15-17-7-2-1-3-8-17)16-26-22(25)14-13-19-11-6-10-18-9-4-5-12-20(18)19/h1-14H,15-16H2,(H,23,24)/b14-13+. The van der Waals surface area contributed by atoms with Gasteiger partial charge in [0.25, 0.3) is 5.91 Å². The summed E-state index contributed by atoms with van der Waals surface area (Å²) in [5.74, 6) is -0.881. The molecule has 0 fully saturated rings. The maximum atomic E-state index is 11.8. The fraction of sp³-hybridized carbons (Fsp3) is 0.0909. The summed E-state index contributed by atoms with van der Waals surface area (Å²) in [6.45, 7) is 0.106. The van der Waals surface area contributed by atoms with Crippen LogP contribution in [0.4, 0.5) is 0 Å². The second-order valence-electron chi connectivity index (χ2n) is 5.77. The minimum absolute atomic E-state index is 0.300. The monoisotopic (exact) mass is 345 g/mol. The van der Waals surface area contributed by atoms with Crippen molar-refractivity contribution in [2.45, 2.75) is 6.54 Å². The van der Waals surface area contributed by atoms with E-state index in [0.29, 0.717) is 6.54 Å². The zero-order chi connectivity index (χ0) is 18.2. The Morgan fingerprint density at radius 3 is 2.46 bits per heavy atom. The van der Waals surface area contributed by atoms with E-state index in [1.807, 2.05) is 72.8 Å². The Kier molecular flexibility index (Phi) is 5.78. The summed E-state index contributed by atoms with van der Waals surface area (Å²) in [5.41, 5.74) is 1.91. The van der Waals surface area contributed by atoms with Crippen LogP contribution in [-0.4, -0.2) is 18.5 Å². The number of carbonyl (C=O) groups is 2. The van der Waals surface area contributed by atoms with E-state index in [2.05, 4.69) is 5.32 Å². The van der Waals surface area contributed by atoms with E-state index in [1.165, 1.54) is 6.08 Å². The van der Waals surface area contributed by atoms with E-state index in [4.69, 9.17) is 4.74 Å². The molecule has 0 saturated heterocycles. The van der Waals surface area contributed by atoms with Gasteiger partial charge in [-0.1, -0.05) is 72.8 Å². The van der Waals surface area contributed by atoms with Gasteiger partial charge in [0, 0.05) is 12.6 Å². The first-order valence-electron chi connectivity index (χ1n) is 8.35. The third-order valence-electron chi connectivity index (χ3n) is 3.90. The predicted molar refractivity (Wildman–Crippen MR) is 102 cm³/mol. The van der Waals surface area contributed by atoms with Crippen LogP contribution in [0.5, 0.6) is 0 Å². The number of esters is 1. The van der Waals surface area contributed by atoms with Crippen LogP contribution in [0.15, 0.2) is 78.9 Å². The van der Waals surface area contributed by atoms with Crippen molar-refractivity contribution in [2.75, 3.05) is 6.61 Å². The number of amides is 1. The molecule has 4 nitrogen and oxygen atoms in total. The number of carbonyl (C=O) groups excluding carboxylic acids is 2. The normalized spacial score (nSPS) is 10.8. The lowest BCUT2D eigenvalue weighted by Crippen LogP contribution is -2.28. The van der Waals surface area contributed by atoms with Crippen molar-refractivity contribution >= 4 is 28.7 Å². The van der Waals surface area contributed by atoms with Crippen molar-refractivity contribution in [2.24, 2.45) is 0 Å². The van der Waals surface area contributed by atoms with Gasteiger partial charge in [0.15, 0.2) is 6.61 Å². The molecule has 1 N–H and O–H groups in total. The highest BCUT2D eigenvalue weighted by Crippen LogP contribution is 2.19. The highest BCUT2D eigenvalue weighted by molar-refractivity contribution is 5.95. The molecular weight excluding hydrogens is 326 g/mol. The number of hydrogen-bond acceptors (Lipinski definition) is 3. The molecule has 0 bridgehead atoms. The molecule has 0 aliphatic heterocycles. The average Bonchev–Trinajstić information content (AvgIpc) is 2.70. The van der Waals surface area contributed by atoms with E-state index in [1.54, 1.807) is 6.08 Å². The largest absolute Gasteiger partial charge is 0.452 e. The number of hydrogen-bond donors (Lipinski definition) is 1. The van der Waals surface area contributed by atoms with Crippen LogP contribution in [-0.2, 0) is 20.9 Å². The molecule has 26 heavy (non-hydrogen) atoms. The zero-order valence-corrected chi connectivity index (χ0v) is 14.2. The zero-order valence-electron chi connectivity index (χ0n) is 14.2. The van der Waals surface area contributed by atoms with Gasteiger partial charge in [-0.25, -0.2) is 4.79 Å². The number of nitrogens with one attached hydrogen (secondary N) is 1. The van der Waals surface area contributed by atoms with Crippen LogP contribution in [0.1, 0.15) is 11.1 Å². The van der Waals surface area contributed by atoms with Gasteiger partial charge in [0.1, 0.15) is 0 Å². The smallest absolute Gasteiger partial charge is 0.331 e. The summed E-state index contributed by atoms with van der Waals surface area (Å²) < 4.78 is 4.99. The minimum atomic E-state index is -0.548. The van der Waals surface area contributed by atoms with Gasteiger partial charge in [0.2, 0.25) is 0 Å². The summed E-state index contributed by atoms with van der Waals surface area (Å²) in [6.07, 6.45) is 3.04. The van der Waals surface area contributed by atoms with Gasteiger partial charge in [0.05, 0.1) is 0 Å². The molecule has 1 amide bonds. The first-order chi connectivity index (χ1) is 12.7. The van der Waals surface area contributed by atoms with Crippen molar-refractivity contribution in [3.63, 3.8) is 0 Å². The minimum Gasteiger partial charge on any atom is -0.452 e. The Labute approximate surface area is 152 Å². The third-order valence-corrected chi connectivity index (χ3v) is 3.90. The lowest BCUT2D eigenvalue weighted by molar-refractivity contribution is -0.143. The van der Waals surface area contributed by atoms with Crippen LogP contribution < -0.4 is 5.32 Å². The first-order valence-corrected chi connectivity index (χ1v) is 8.35. The Hall–Kier alpha value is -3.40. The first kappa shape index (κ1) is 17.4.